The van der Waals surface area contributed by atoms with E-state index in [1.54, 1.807) is 0 Å². The average molecular weight is 210 g/mol. The van der Waals surface area contributed by atoms with Crippen molar-refractivity contribution >= 4 is 5.96 Å². The maximum atomic E-state index is 5.48. The molecule has 0 aromatic heterocycles. The predicted octanol–water partition coefficient (Wildman–Crippen LogP) is 1.14. The number of nitrogens with two attached hydrogens (primary N) is 1. The summed E-state index contributed by atoms with van der Waals surface area (Å²) < 4.78 is 0. The van der Waals surface area contributed by atoms with Crippen LogP contribution in [0, 0.1) is 5.92 Å². The van der Waals surface area contributed by atoms with Crippen LogP contribution in [0.15, 0.2) is 4.99 Å². The molecule has 0 aromatic carbocycles. The van der Waals surface area contributed by atoms with Gasteiger partial charge in [-0.1, -0.05) is 12.8 Å². The number of hydrogen-bond acceptors (Lipinski definition) is 2. The lowest BCUT2D eigenvalue weighted by molar-refractivity contribution is 0.569. The molecule has 2 rings (SSSR count). The molecule has 4 nitrogen and oxygen atoms in total. The Kier molecular flexibility index (Phi) is 3.46. The topological polar surface area (TPSA) is 62.4 Å². The number of nitrogens with one attached hydrogen (secondary N) is 2. The molecule has 0 saturated heterocycles. The van der Waals surface area contributed by atoms with E-state index < -0.39 is 0 Å². The summed E-state index contributed by atoms with van der Waals surface area (Å²) in [7, 11) is 0. The molecular formula is C11H22N4. The second-order valence-electron chi connectivity index (χ2n) is 4.83. The Balaban J connectivity index is 1.84. The molecule has 0 heterocycles. The summed E-state index contributed by atoms with van der Waals surface area (Å²) in [5.74, 6) is 7.08. The number of aliphatic imine (C=N–C) groups is 1. The fourth-order valence-electron chi connectivity index (χ4n) is 2.26. The number of rotatable bonds is 3. The molecule has 0 spiro atoms. The second-order valence-corrected chi connectivity index (χ2v) is 4.83. The van der Waals surface area contributed by atoms with E-state index in [-0.39, 0.29) is 0 Å². The molecule has 0 aliphatic heterocycles. The number of guanidine groups is 1. The first kappa shape index (κ1) is 10.7. The summed E-state index contributed by atoms with van der Waals surface area (Å²) in [5.41, 5.74) is 2.68. The Bertz CT molecular complexity index is 229. The van der Waals surface area contributed by atoms with Gasteiger partial charge in [0.15, 0.2) is 0 Å². The van der Waals surface area contributed by atoms with Crippen LogP contribution in [-0.4, -0.2) is 18.0 Å². The van der Waals surface area contributed by atoms with Crippen LogP contribution in [0.1, 0.15) is 45.4 Å². The number of hydrazine groups is 1. The highest BCUT2D eigenvalue weighted by atomic mass is 15.3. The van der Waals surface area contributed by atoms with Gasteiger partial charge in [0, 0.05) is 6.04 Å². The Labute approximate surface area is 91.7 Å². The second kappa shape index (κ2) is 4.84. The van der Waals surface area contributed by atoms with Crippen molar-refractivity contribution in [2.75, 3.05) is 0 Å². The summed E-state index contributed by atoms with van der Waals surface area (Å²) in [4.78, 5) is 4.61. The molecule has 15 heavy (non-hydrogen) atoms. The quantitative estimate of drug-likeness (QED) is 0.283. The molecule has 4 heteroatoms. The average Bonchev–Trinajstić information content (AvgIpc) is 2.97. The zero-order valence-corrected chi connectivity index (χ0v) is 9.50. The maximum Gasteiger partial charge on any atom is 0.206 e. The van der Waals surface area contributed by atoms with E-state index >= 15 is 0 Å². The van der Waals surface area contributed by atoms with Gasteiger partial charge in [0.25, 0.3) is 0 Å². The van der Waals surface area contributed by atoms with Gasteiger partial charge in [-0.05, 0) is 38.5 Å². The van der Waals surface area contributed by atoms with Crippen LogP contribution in [0.2, 0.25) is 0 Å². The van der Waals surface area contributed by atoms with Crippen molar-refractivity contribution in [3.63, 3.8) is 0 Å². The van der Waals surface area contributed by atoms with E-state index in [0.717, 1.165) is 11.9 Å². The largest absolute Gasteiger partial charge is 0.353 e. The van der Waals surface area contributed by atoms with Crippen LogP contribution in [0.5, 0.6) is 0 Å². The van der Waals surface area contributed by atoms with Gasteiger partial charge in [0.05, 0.1) is 6.04 Å². The summed E-state index contributed by atoms with van der Waals surface area (Å²) in [5, 5.41) is 3.37. The minimum Gasteiger partial charge on any atom is -0.353 e. The minimum atomic E-state index is 0.481. The van der Waals surface area contributed by atoms with Gasteiger partial charge in [0.1, 0.15) is 0 Å². The van der Waals surface area contributed by atoms with Crippen molar-refractivity contribution in [2.24, 2.45) is 16.8 Å². The highest BCUT2D eigenvalue weighted by Crippen LogP contribution is 2.32. The zero-order valence-electron chi connectivity index (χ0n) is 9.50. The molecule has 4 N–H and O–H groups in total. The fourth-order valence-corrected chi connectivity index (χ4v) is 2.26. The summed E-state index contributed by atoms with van der Waals surface area (Å²) in [6.07, 6.45) is 7.73. The summed E-state index contributed by atoms with van der Waals surface area (Å²) >= 11 is 0. The molecule has 0 radical (unpaired) electrons. The van der Waals surface area contributed by atoms with E-state index in [2.05, 4.69) is 22.7 Å². The van der Waals surface area contributed by atoms with Gasteiger partial charge in [0.2, 0.25) is 5.96 Å². The molecule has 2 aliphatic carbocycles. The molecule has 0 aromatic rings. The van der Waals surface area contributed by atoms with E-state index in [1.807, 2.05) is 0 Å². The predicted molar refractivity (Wildman–Crippen MR) is 62.3 cm³/mol. The van der Waals surface area contributed by atoms with Crippen molar-refractivity contribution in [3.8, 4) is 0 Å². The molecule has 2 aliphatic rings. The zero-order chi connectivity index (χ0) is 10.7. The van der Waals surface area contributed by atoms with Crippen LogP contribution in [0.25, 0.3) is 0 Å². The highest BCUT2D eigenvalue weighted by Gasteiger charge is 2.28. The van der Waals surface area contributed by atoms with Crippen molar-refractivity contribution in [1.29, 1.82) is 0 Å². The molecule has 0 amide bonds. The van der Waals surface area contributed by atoms with E-state index in [4.69, 9.17) is 5.84 Å². The number of hydrogen-bond donors (Lipinski definition) is 3. The third-order valence-electron chi connectivity index (χ3n) is 3.47. The number of nitrogens with zero attached hydrogens (tertiary/aromatic N) is 1. The molecular weight excluding hydrogens is 188 g/mol. The smallest absolute Gasteiger partial charge is 0.206 e. The van der Waals surface area contributed by atoms with E-state index in [1.165, 1.54) is 38.5 Å². The van der Waals surface area contributed by atoms with Gasteiger partial charge < -0.3 is 5.32 Å². The van der Waals surface area contributed by atoms with Gasteiger partial charge >= 0.3 is 0 Å². The Morgan fingerprint density at radius 3 is 2.47 bits per heavy atom. The van der Waals surface area contributed by atoms with Crippen molar-refractivity contribution in [1.82, 2.24) is 10.7 Å². The van der Waals surface area contributed by atoms with Crippen molar-refractivity contribution < 1.29 is 0 Å². The lowest BCUT2D eigenvalue weighted by Crippen LogP contribution is -2.46. The molecule has 86 valence electrons. The SMILES string of the molecule is CC(NC(=NC1CCCC1)NN)C1CC1. The van der Waals surface area contributed by atoms with E-state index in [0.29, 0.717) is 12.1 Å². The third kappa shape index (κ3) is 3.09. The first-order valence-electron chi connectivity index (χ1n) is 6.10. The van der Waals surface area contributed by atoms with E-state index in [9.17, 15) is 0 Å². The molecule has 2 saturated carbocycles. The molecule has 0 bridgehead atoms. The summed E-state index contributed by atoms with van der Waals surface area (Å²) in [6, 6.07) is 0.983. The van der Waals surface area contributed by atoms with Gasteiger partial charge in [-0.3, -0.25) is 5.43 Å². The Hall–Kier alpha value is -0.770. The fraction of sp³-hybridized carbons (Fsp3) is 0.909. The first-order valence-corrected chi connectivity index (χ1v) is 6.10. The molecule has 1 atom stereocenters. The lowest BCUT2D eigenvalue weighted by atomic mass is 10.2. The van der Waals surface area contributed by atoms with Crippen LogP contribution in [-0.2, 0) is 0 Å². The van der Waals surface area contributed by atoms with Crippen molar-refractivity contribution in [3.05, 3.63) is 0 Å². The van der Waals surface area contributed by atoms with Crippen LogP contribution < -0.4 is 16.6 Å². The highest BCUT2D eigenvalue weighted by molar-refractivity contribution is 5.79. The first-order chi connectivity index (χ1) is 7.29. The van der Waals surface area contributed by atoms with Gasteiger partial charge in [-0.15, -0.1) is 0 Å². The standard InChI is InChI=1S/C11H22N4/c1-8(9-6-7-9)13-11(15-12)14-10-4-2-3-5-10/h8-10H,2-7,12H2,1H3,(H2,13,14,15). The Morgan fingerprint density at radius 1 is 1.27 bits per heavy atom. The lowest BCUT2D eigenvalue weighted by Gasteiger charge is -2.17. The molecule has 1 unspecified atom stereocenters. The van der Waals surface area contributed by atoms with Crippen LogP contribution in [0.3, 0.4) is 0 Å². The van der Waals surface area contributed by atoms with Crippen molar-refractivity contribution in [2.45, 2.75) is 57.5 Å². The van der Waals surface area contributed by atoms with Gasteiger partial charge in [-0.25, -0.2) is 10.8 Å². The maximum absolute atomic E-state index is 5.48. The van der Waals surface area contributed by atoms with Crippen LogP contribution in [0.4, 0.5) is 0 Å². The third-order valence-corrected chi connectivity index (χ3v) is 3.47. The molecule has 2 fully saturated rings. The summed E-state index contributed by atoms with van der Waals surface area (Å²) in [6.45, 7) is 2.21. The monoisotopic (exact) mass is 210 g/mol. The van der Waals surface area contributed by atoms with Gasteiger partial charge in [-0.2, -0.15) is 0 Å². The Morgan fingerprint density at radius 2 is 1.93 bits per heavy atom. The minimum absolute atomic E-state index is 0.481. The normalized spacial score (nSPS) is 25.3. The van der Waals surface area contributed by atoms with Crippen LogP contribution >= 0.6 is 0 Å².